The van der Waals surface area contributed by atoms with Crippen LogP contribution in [0.3, 0.4) is 0 Å². The molecule has 1 fully saturated rings. The van der Waals surface area contributed by atoms with Crippen LogP contribution in [-0.2, 0) is 11.3 Å². The number of fused-ring (bicyclic) bond motifs is 1. The van der Waals surface area contributed by atoms with Gasteiger partial charge in [0.15, 0.2) is 0 Å². The van der Waals surface area contributed by atoms with Crippen molar-refractivity contribution in [3.8, 4) is 0 Å². The highest BCUT2D eigenvalue weighted by molar-refractivity contribution is 5.82. The van der Waals surface area contributed by atoms with E-state index in [1.54, 1.807) is 12.1 Å². The first-order valence-electron chi connectivity index (χ1n) is 8.49. The molecule has 0 aliphatic carbocycles. The quantitative estimate of drug-likeness (QED) is 0.529. The first-order valence-corrected chi connectivity index (χ1v) is 8.49. The summed E-state index contributed by atoms with van der Waals surface area (Å²) in [6.45, 7) is 4.83. The van der Waals surface area contributed by atoms with Gasteiger partial charge in [-0.2, -0.15) is 5.10 Å². The minimum absolute atomic E-state index is 0.0393. The van der Waals surface area contributed by atoms with Gasteiger partial charge in [-0.15, -0.1) is 0 Å². The highest BCUT2D eigenvalue weighted by Crippen LogP contribution is 2.24. The van der Waals surface area contributed by atoms with Crippen LogP contribution in [-0.4, -0.2) is 45.5 Å². The number of nitrogens with zero attached hydrogens (tertiary/aromatic N) is 5. The van der Waals surface area contributed by atoms with Gasteiger partial charge in [0.05, 0.1) is 35.9 Å². The number of ether oxygens (including phenoxy) is 1. The second-order valence-electron chi connectivity index (χ2n) is 6.48. The fourth-order valence-electron chi connectivity index (χ4n) is 3.21. The van der Waals surface area contributed by atoms with E-state index in [1.165, 1.54) is 6.07 Å². The predicted molar refractivity (Wildman–Crippen MR) is 97.3 cm³/mol. The van der Waals surface area contributed by atoms with Crippen LogP contribution in [0.25, 0.3) is 10.9 Å². The standard InChI is InChI=1S/C18H19N5O3/c1-13-9-19-22(10-13)12-16-11-21(6-7-26-16)18-5-2-14-8-15(23(24)25)3-4-17(14)20-18/h2-5,8-10,16H,6-7,11-12H2,1H3. The van der Waals surface area contributed by atoms with Gasteiger partial charge < -0.3 is 9.64 Å². The maximum atomic E-state index is 10.9. The molecule has 1 saturated heterocycles. The summed E-state index contributed by atoms with van der Waals surface area (Å²) in [7, 11) is 0. The molecule has 0 radical (unpaired) electrons. The SMILES string of the molecule is Cc1cnn(CC2CN(c3ccc4cc([N+](=O)[O-])ccc4n3)CCO2)c1. The van der Waals surface area contributed by atoms with Crippen molar-refractivity contribution in [1.29, 1.82) is 0 Å². The fourth-order valence-corrected chi connectivity index (χ4v) is 3.21. The van der Waals surface area contributed by atoms with Crippen molar-refractivity contribution < 1.29 is 9.66 Å². The molecule has 1 aromatic carbocycles. The minimum Gasteiger partial charge on any atom is -0.373 e. The van der Waals surface area contributed by atoms with Crippen LogP contribution < -0.4 is 4.90 Å². The van der Waals surface area contributed by atoms with E-state index in [2.05, 4.69) is 15.0 Å². The van der Waals surface area contributed by atoms with Gasteiger partial charge in [0.25, 0.3) is 5.69 Å². The normalized spacial score (nSPS) is 17.6. The van der Waals surface area contributed by atoms with Gasteiger partial charge in [-0.3, -0.25) is 14.8 Å². The molecule has 2 aromatic heterocycles. The maximum Gasteiger partial charge on any atom is 0.270 e. The molecule has 8 nitrogen and oxygen atoms in total. The topological polar surface area (TPSA) is 86.3 Å². The van der Waals surface area contributed by atoms with E-state index < -0.39 is 4.92 Å². The van der Waals surface area contributed by atoms with E-state index >= 15 is 0 Å². The molecule has 0 saturated carbocycles. The monoisotopic (exact) mass is 353 g/mol. The molecule has 1 unspecified atom stereocenters. The third-order valence-electron chi connectivity index (χ3n) is 4.48. The molecule has 1 aliphatic heterocycles. The molecule has 4 rings (SSSR count). The first-order chi connectivity index (χ1) is 12.6. The molecular formula is C18H19N5O3. The van der Waals surface area contributed by atoms with Gasteiger partial charge in [-0.05, 0) is 30.7 Å². The number of aryl methyl sites for hydroxylation is 1. The Balaban J connectivity index is 1.52. The maximum absolute atomic E-state index is 10.9. The Labute approximate surface area is 150 Å². The van der Waals surface area contributed by atoms with Crippen molar-refractivity contribution in [2.24, 2.45) is 0 Å². The lowest BCUT2D eigenvalue weighted by Crippen LogP contribution is -2.44. The Morgan fingerprint density at radius 1 is 1.35 bits per heavy atom. The second-order valence-corrected chi connectivity index (χ2v) is 6.48. The number of pyridine rings is 1. The molecule has 3 heterocycles. The van der Waals surface area contributed by atoms with Crippen LogP contribution >= 0.6 is 0 Å². The fraction of sp³-hybridized carbons (Fsp3) is 0.333. The zero-order chi connectivity index (χ0) is 18.1. The zero-order valence-corrected chi connectivity index (χ0v) is 14.4. The number of nitro benzene ring substituents is 1. The summed E-state index contributed by atoms with van der Waals surface area (Å²) in [6.07, 6.45) is 3.88. The van der Waals surface area contributed by atoms with E-state index in [4.69, 9.17) is 4.74 Å². The van der Waals surface area contributed by atoms with Crippen molar-refractivity contribution in [2.45, 2.75) is 19.6 Å². The predicted octanol–water partition coefficient (Wildman–Crippen LogP) is 2.55. The van der Waals surface area contributed by atoms with Gasteiger partial charge in [0, 0.05) is 36.8 Å². The summed E-state index contributed by atoms with van der Waals surface area (Å²) >= 11 is 0. The third kappa shape index (κ3) is 3.36. The molecular weight excluding hydrogens is 334 g/mol. The smallest absolute Gasteiger partial charge is 0.270 e. The number of rotatable bonds is 4. The van der Waals surface area contributed by atoms with Gasteiger partial charge in [0.2, 0.25) is 0 Å². The van der Waals surface area contributed by atoms with Crippen LogP contribution in [0, 0.1) is 17.0 Å². The zero-order valence-electron chi connectivity index (χ0n) is 14.4. The van der Waals surface area contributed by atoms with Gasteiger partial charge >= 0.3 is 0 Å². The highest BCUT2D eigenvalue weighted by atomic mass is 16.6. The summed E-state index contributed by atoms with van der Waals surface area (Å²) < 4.78 is 7.77. The number of aromatic nitrogens is 3. The average Bonchev–Trinajstić information content (AvgIpc) is 3.05. The van der Waals surface area contributed by atoms with E-state index in [-0.39, 0.29) is 11.8 Å². The van der Waals surface area contributed by atoms with Gasteiger partial charge in [-0.25, -0.2) is 4.98 Å². The minimum atomic E-state index is -0.392. The lowest BCUT2D eigenvalue weighted by atomic mass is 10.2. The molecule has 0 bridgehead atoms. The van der Waals surface area contributed by atoms with E-state index in [1.807, 2.05) is 36.1 Å². The number of benzene rings is 1. The Hall–Kier alpha value is -3.00. The molecule has 1 atom stereocenters. The summed E-state index contributed by atoms with van der Waals surface area (Å²) in [5.41, 5.74) is 1.95. The molecule has 8 heteroatoms. The summed E-state index contributed by atoms with van der Waals surface area (Å²) in [4.78, 5) is 17.4. The van der Waals surface area contributed by atoms with Crippen LogP contribution in [0.15, 0.2) is 42.7 Å². The van der Waals surface area contributed by atoms with Crippen molar-refractivity contribution >= 4 is 22.4 Å². The van der Waals surface area contributed by atoms with Crippen molar-refractivity contribution in [2.75, 3.05) is 24.6 Å². The largest absolute Gasteiger partial charge is 0.373 e. The Bertz CT molecular complexity index is 955. The van der Waals surface area contributed by atoms with E-state index in [9.17, 15) is 10.1 Å². The molecule has 1 aliphatic rings. The van der Waals surface area contributed by atoms with Crippen molar-refractivity contribution in [3.05, 3.63) is 58.4 Å². The summed E-state index contributed by atoms with van der Waals surface area (Å²) in [5.74, 6) is 0.858. The average molecular weight is 353 g/mol. The lowest BCUT2D eigenvalue weighted by Gasteiger charge is -2.33. The molecule has 0 amide bonds. The van der Waals surface area contributed by atoms with Crippen LogP contribution in [0.4, 0.5) is 11.5 Å². The molecule has 134 valence electrons. The Morgan fingerprint density at radius 3 is 3.00 bits per heavy atom. The molecule has 0 N–H and O–H groups in total. The summed E-state index contributed by atoms with van der Waals surface area (Å²) in [6, 6.07) is 8.52. The van der Waals surface area contributed by atoms with Crippen LogP contribution in [0.2, 0.25) is 0 Å². The van der Waals surface area contributed by atoms with E-state index in [0.29, 0.717) is 13.2 Å². The molecule has 3 aromatic rings. The van der Waals surface area contributed by atoms with Gasteiger partial charge in [0.1, 0.15) is 5.82 Å². The summed E-state index contributed by atoms with van der Waals surface area (Å²) in [5, 5.41) is 16.0. The van der Waals surface area contributed by atoms with Crippen LogP contribution in [0.5, 0.6) is 0 Å². The highest BCUT2D eigenvalue weighted by Gasteiger charge is 2.22. The number of hydrogen-bond acceptors (Lipinski definition) is 6. The lowest BCUT2D eigenvalue weighted by molar-refractivity contribution is -0.384. The molecule has 0 spiro atoms. The van der Waals surface area contributed by atoms with Crippen LogP contribution in [0.1, 0.15) is 5.56 Å². The van der Waals surface area contributed by atoms with Crippen molar-refractivity contribution in [3.63, 3.8) is 0 Å². The first kappa shape index (κ1) is 16.5. The number of nitro groups is 1. The third-order valence-corrected chi connectivity index (χ3v) is 4.48. The number of non-ortho nitro benzene ring substituents is 1. The van der Waals surface area contributed by atoms with Gasteiger partial charge in [-0.1, -0.05) is 0 Å². The Kier molecular flexibility index (Phi) is 4.26. The number of anilines is 1. The van der Waals surface area contributed by atoms with E-state index in [0.717, 1.165) is 35.4 Å². The number of morpholine rings is 1. The molecule has 26 heavy (non-hydrogen) atoms. The second kappa shape index (κ2) is 6.72. The Morgan fingerprint density at radius 2 is 2.23 bits per heavy atom. The van der Waals surface area contributed by atoms with Crippen molar-refractivity contribution in [1.82, 2.24) is 14.8 Å². The number of hydrogen-bond donors (Lipinski definition) is 0.